The van der Waals surface area contributed by atoms with Crippen molar-refractivity contribution >= 4 is 23.4 Å². The van der Waals surface area contributed by atoms with Crippen molar-refractivity contribution in [3.05, 3.63) is 29.8 Å². The SMILES string of the molecule is CC1(C)CC(NC(=O)C(=O)Nc2ccccc2C(=O)NC2CCCC2)CC(C)(C)N1. The number of hydrogen-bond donors (Lipinski definition) is 4. The lowest BCUT2D eigenvalue weighted by molar-refractivity contribution is -0.137. The van der Waals surface area contributed by atoms with Gasteiger partial charge in [-0.1, -0.05) is 25.0 Å². The van der Waals surface area contributed by atoms with Crippen molar-refractivity contribution in [3.8, 4) is 0 Å². The van der Waals surface area contributed by atoms with Crippen molar-refractivity contribution in [3.63, 3.8) is 0 Å². The Morgan fingerprint density at radius 2 is 1.47 bits per heavy atom. The summed E-state index contributed by atoms with van der Waals surface area (Å²) < 4.78 is 0. The third kappa shape index (κ3) is 5.81. The maximum atomic E-state index is 12.7. The summed E-state index contributed by atoms with van der Waals surface area (Å²) >= 11 is 0. The second-order valence-corrected chi connectivity index (χ2v) is 9.93. The first-order valence-electron chi connectivity index (χ1n) is 10.9. The van der Waals surface area contributed by atoms with Crippen molar-refractivity contribution in [2.45, 2.75) is 89.4 Å². The Labute approximate surface area is 178 Å². The largest absolute Gasteiger partial charge is 0.349 e. The Morgan fingerprint density at radius 3 is 2.10 bits per heavy atom. The average Bonchev–Trinajstić information content (AvgIpc) is 3.12. The molecule has 1 heterocycles. The van der Waals surface area contributed by atoms with Gasteiger partial charge in [-0.25, -0.2) is 0 Å². The van der Waals surface area contributed by atoms with Crippen molar-refractivity contribution in [2.75, 3.05) is 5.32 Å². The Hall–Kier alpha value is -2.41. The molecule has 2 aliphatic rings. The van der Waals surface area contributed by atoms with E-state index in [-0.39, 0.29) is 29.1 Å². The van der Waals surface area contributed by atoms with Crippen molar-refractivity contribution < 1.29 is 14.4 Å². The number of para-hydroxylation sites is 1. The van der Waals surface area contributed by atoms with Gasteiger partial charge in [0.15, 0.2) is 0 Å². The lowest BCUT2D eigenvalue weighted by Gasteiger charge is -2.46. The van der Waals surface area contributed by atoms with Crippen LogP contribution in [0.15, 0.2) is 24.3 Å². The Kier molecular flexibility index (Phi) is 6.50. The van der Waals surface area contributed by atoms with Crippen LogP contribution in [0.5, 0.6) is 0 Å². The van der Waals surface area contributed by atoms with Crippen LogP contribution in [0, 0.1) is 0 Å². The minimum Gasteiger partial charge on any atom is -0.349 e. The van der Waals surface area contributed by atoms with Crippen LogP contribution < -0.4 is 21.3 Å². The molecule has 0 unspecified atom stereocenters. The quantitative estimate of drug-likeness (QED) is 0.569. The molecule has 1 aromatic rings. The molecule has 3 rings (SSSR count). The second kappa shape index (κ2) is 8.76. The molecule has 164 valence electrons. The molecule has 7 nitrogen and oxygen atoms in total. The molecule has 0 bridgehead atoms. The van der Waals surface area contributed by atoms with Gasteiger partial charge < -0.3 is 21.3 Å². The number of piperidine rings is 1. The standard InChI is InChI=1S/C23H34N4O3/c1-22(2)13-16(14-23(3,4)27-22)25-20(29)21(30)26-18-12-8-7-11-17(18)19(28)24-15-9-5-6-10-15/h7-8,11-12,15-16,27H,5-6,9-10,13-14H2,1-4H3,(H,24,28)(H,25,29)(H,26,30). The van der Waals surface area contributed by atoms with E-state index in [1.807, 2.05) is 0 Å². The number of amides is 3. The minimum absolute atomic E-state index is 0.101. The van der Waals surface area contributed by atoms with Gasteiger partial charge in [0.05, 0.1) is 11.3 Å². The number of carbonyl (C=O) groups is 3. The molecule has 3 amide bonds. The highest BCUT2D eigenvalue weighted by Gasteiger charge is 2.38. The predicted octanol–water partition coefficient (Wildman–Crippen LogP) is 2.72. The van der Waals surface area contributed by atoms with Gasteiger partial charge in [-0.05, 0) is 65.5 Å². The normalized spacial score (nSPS) is 21.1. The number of carbonyl (C=O) groups excluding carboxylic acids is 3. The Morgan fingerprint density at radius 1 is 0.867 bits per heavy atom. The van der Waals surface area contributed by atoms with Crippen LogP contribution in [-0.4, -0.2) is 40.9 Å². The maximum absolute atomic E-state index is 12.7. The lowest BCUT2D eigenvalue weighted by atomic mass is 9.79. The summed E-state index contributed by atoms with van der Waals surface area (Å²) in [6, 6.07) is 6.86. The van der Waals surface area contributed by atoms with E-state index in [0.717, 1.165) is 38.5 Å². The first-order valence-corrected chi connectivity index (χ1v) is 10.9. The summed E-state index contributed by atoms with van der Waals surface area (Å²) in [6.07, 6.45) is 5.66. The number of nitrogens with one attached hydrogen (secondary N) is 4. The van der Waals surface area contributed by atoms with Gasteiger partial charge in [0.2, 0.25) is 0 Å². The summed E-state index contributed by atoms with van der Waals surface area (Å²) in [5, 5.41) is 12.1. The molecule has 1 aliphatic heterocycles. The molecule has 7 heteroatoms. The highest BCUT2D eigenvalue weighted by molar-refractivity contribution is 6.40. The van der Waals surface area contributed by atoms with E-state index >= 15 is 0 Å². The summed E-state index contributed by atoms with van der Waals surface area (Å²) in [5.74, 6) is -1.66. The Balaban J connectivity index is 1.63. The lowest BCUT2D eigenvalue weighted by Crippen LogP contribution is -2.62. The second-order valence-electron chi connectivity index (χ2n) is 9.93. The number of benzene rings is 1. The molecular formula is C23H34N4O3. The van der Waals surface area contributed by atoms with Crippen LogP contribution >= 0.6 is 0 Å². The van der Waals surface area contributed by atoms with Crippen LogP contribution in [0.1, 0.15) is 76.6 Å². The first kappa shape index (κ1) is 22.3. The molecule has 1 saturated carbocycles. The van der Waals surface area contributed by atoms with Gasteiger partial charge in [0.25, 0.3) is 5.91 Å². The molecule has 1 aliphatic carbocycles. The van der Waals surface area contributed by atoms with Crippen LogP contribution in [0.2, 0.25) is 0 Å². The van der Waals surface area contributed by atoms with Gasteiger partial charge >= 0.3 is 11.8 Å². The van der Waals surface area contributed by atoms with Crippen molar-refractivity contribution in [2.24, 2.45) is 0 Å². The monoisotopic (exact) mass is 414 g/mol. The fraction of sp³-hybridized carbons (Fsp3) is 0.609. The van der Waals surface area contributed by atoms with E-state index in [9.17, 15) is 14.4 Å². The van der Waals surface area contributed by atoms with Crippen molar-refractivity contribution in [1.29, 1.82) is 0 Å². The molecule has 4 N–H and O–H groups in total. The van der Waals surface area contributed by atoms with Crippen LogP contribution in [0.3, 0.4) is 0 Å². The highest BCUT2D eigenvalue weighted by atomic mass is 16.2. The topological polar surface area (TPSA) is 99.3 Å². The molecule has 0 aromatic heterocycles. The van der Waals surface area contributed by atoms with Gasteiger partial charge in [-0.3, -0.25) is 14.4 Å². The van der Waals surface area contributed by atoms with Gasteiger partial charge in [0.1, 0.15) is 0 Å². The third-order valence-electron chi connectivity index (χ3n) is 5.84. The van der Waals surface area contributed by atoms with E-state index in [4.69, 9.17) is 0 Å². The van der Waals surface area contributed by atoms with Crippen molar-refractivity contribution in [1.82, 2.24) is 16.0 Å². The number of hydrogen-bond acceptors (Lipinski definition) is 4. The summed E-state index contributed by atoms with van der Waals surface area (Å²) in [5.41, 5.74) is 0.441. The zero-order chi connectivity index (χ0) is 21.9. The minimum atomic E-state index is -0.759. The summed E-state index contributed by atoms with van der Waals surface area (Å²) in [4.78, 5) is 37.8. The molecule has 1 saturated heterocycles. The zero-order valence-electron chi connectivity index (χ0n) is 18.4. The predicted molar refractivity (Wildman–Crippen MR) is 117 cm³/mol. The molecule has 1 aromatic carbocycles. The summed E-state index contributed by atoms with van der Waals surface area (Å²) in [7, 11) is 0. The zero-order valence-corrected chi connectivity index (χ0v) is 18.4. The van der Waals surface area contributed by atoms with E-state index < -0.39 is 11.8 Å². The van der Waals surface area contributed by atoms with Gasteiger partial charge in [-0.15, -0.1) is 0 Å². The molecule has 30 heavy (non-hydrogen) atoms. The fourth-order valence-corrected chi connectivity index (χ4v) is 4.98. The van der Waals surface area contributed by atoms with E-state index in [1.165, 1.54) is 0 Å². The number of rotatable bonds is 4. The van der Waals surface area contributed by atoms with E-state index in [2.05, 4.69) is 49.0 Å². The first-order chi connectivity index (χ1) is 14.0. The molecule has 0 radical (unpaired) electrons. The van der Waals surface area contributed by atoms with Gasteiger partial charge in [-0.2, -0.15) is 0 Å². The van der Waals surface area contributed by atoms with Crippen LogP contribution in [0.25, 0.3) is 0 Å². The molecule has 0 atom stereocenters. The van der Waals surface area contributed by atoms with Gasteiger partial charge in [0, 0.05) is 23.2 Å². The smallest absolute Gasteiger partial charge is 0.313 e. The Bertz CT molecular complexity index is 796. The average molecular weight is 415 g/mol. The molecule has 0 spiro atoms. The van der Waals surface area contributed by atoms with E-state index in [0.29, 0.717) is 11.3 Å². The molecular weight excluding hydrogens is 380 g/mol. The number of anilines is 1. The maximum Gasteiger partial charge on any atom is 0.313 e. The summed E-state index contributed by atoms with van der Waals surface area (Å²) in [6.45, 7) is 8.36. The highest BCUT2D eigenvalue weighted by Crippen LogP contribution is 2.28. The fourth-order valence-electron chi connectivity index (χ4n) is 4.98. The van der Waals surface area contributed by atoms with E-state index in [1.54, 1.807) is 24.3 Å². The third-order valence-corrected chi connectivity index (χ3v) is 5.84. The van der Waals surface area contributed by atoms with Crippen LogP contribution in [0.4, 0.5) is 5.69 Å². The molecule has 2 fully saturated rings. The van der Waals surface area contributed by atoms with Crippen LogP contribution in [-0.2, 0) is 9.59 Å².